The van der Waals surface area contributed by atoms with Crippen LogP contribution in [0.1, 0.15) is 31.4 Å². The summed E-state index contributed by atoms with van der Waals surface area (Å²) in [6.07, 6.45) is 2.21. The molecule has 1 aliphatic rings. The van der Waals surface area contributed by atoms with Crippen LogP contribution in [0.4, 0.5) is 0 Å². The van der Waals surface area contributed by atoms with E-state index in [2.05, 4.69) is 0 Å². The van der Waals surface area contributed by atoms with Gasteiger partial charge in [0.05, 0.1) is 4.75 Å². The molecule has 0 amide bonds. The van der Waals surface area contributed by atoms with E-state index < -0.39 is 14.9 Å². The third-order valence-electron chi connectivity index (χ3n) is 3.10. The Kier molecular flexibility index (Phi) is 4.80. The second-order valence-corrected chi connectivity index (χ2v) is 6.25. The van der Waals surface area contributed by atoms with Crippen molar-refractivity contribution in [1.82, 2.24) is 0 Å². The summed E-state index contributed by atoms with van der Waals surface area (Å²) in [4.78, 5) is 0. The zero-order valence-electron chi connectivity index (χ0n) is 10.2. The molecule has 0 radical (unpaired) electrons. The van der Waals surface area contributed by atoms with Gasteiger partial charge in [0.25, 0.3) is 0 Å². The van der Waals surface area contributed by atoms with Gasteiger partial charge in [-0.15, -0.1) is 0 Å². The van der Waals surface area contributed by atoms with Gasteiger partial charge in [0.2, 0.25) is 0 Å². The molecule has 1 atom stereocenters. The van der Waals surface area contributed by atoms with Gasteiger partial charge in [0, 0.05) is 0 Å². The van der Waals surface area contributed by atoms with Gasteiger partial charge < -0.3 is 4.55 Å². The van der Waals surface area contributed by atoms with Crippen LogP contribution >= 0.6 is 0 Å². The van der Waals surface area contributed by atoms with Crippen molar-refractivity contribution in [1.29, 1.82) is 0 Å². The zero-order chi connectivity index (χ0) is 12.0. The molecule has 0 N–H and O–H groups in total. The number of fused-ring (bicyclic) bond motifs is 1. The maximum absolute atomic E-state index is 11.4. The summed E-state index contributed by atoms with van der Waals surface area (Å²) in [5, 5.41) is 0. The average Bonchev–Trinajstić information content (AvgIpc) is 2.15. The Morgan fingerprint density at radius 3 is 2.47 bits per heavy atom. The maximum atomic E-state index is 11.4. The molecule has 86 valence electrons. The fourth-order valence-corrected chi connectivity index (χ4v) is 3.13. The summed E-state index contributed by atoms with van der Waals surface area (Å²) in [5.74, 6) is 0. The molecule has 0 aliphatic heterocycles. The smallest absolute Gasteiger partial charge is 0.747 e. The van der Waals surface area contributed by atoms with E-state index in [0.717, 1.165) is 11.1 Å². The molecule has 0 saturated carbocycles. The SMILES string of the molecule is CC1=Cc2ccccc2C(C)(S(=O)(=O)[O-])C1.[K+]. The predicted molar refractivity (Wildman–Crippen MR) is 61.8 cm³/mol. The minimum Gasteiger partial charge on any atom is -0.747 e. The Balaban J connectivity index is 0.00000144. The Hall–Kier alpha value is 0.506. The van der Waals surface area contributed by atoms with Gasteiger partial charge in [0.15, 0.2) is 0 Å². The van der Waals surface area contributed by atoms with E-state index in [0.29, 0.717) is 5.56 Å². The summed E-state index contributed by atoms with van der Waals surface area (Å²) in [7, 11) is -4.36. The van der Waals surface area contributed by atoms with Crippen LogP contribution in [0, 0.1) is 0 Å². The molecule has 5 heteroatoms. The third-order valence-corrected chi connectivity index (χ3v) is 4.57. The van der Waals surface area contributed by atoms with E-state index >= 15 is 0 Å². The van der Waals surface area contributed by atoms with Gasteiger partial charge in [-0.25, -0.2) is 8.42 Å². The first-order chi connectivity index (χ1) is 7.34. The topological polar surface area (TPSA) is 57.2 Å². The number of benzene rings is 1. The summed E-state index contributed by atoms with van der Waals surface area (Å²) in [5.41, 5.74) is 2.35. The van der Waals surface area contributed by atoms with E-state index in [1.807, 2.05) is 25.1 Å². The van der Waals surface area contributed by atoms with Crippen LogP contribution in [0.5, 0.6) is 0 Å². The van der Waals surface area contributed by atoms with Gasteiger partial charge in [-0.2, -0.15) is 0 Å². The molecule has 0 spiro atoms. The molecule has 0 aromatic heterocycles. The molecule has 3 nitrogen and oxygen atoms in total. The molecule has 1 aromatic rings. The van der Waals surface area contributed by atoms with Crippen molar-refractivity contribution in [3.8, 4) is 0 Å². The van der Waals surface area contributed by atoms with Crippen molar-refractivity contribution in [2.24, 2.45) is 0 Å². The van der Waals surface area contributed by atoms with E-state index in [9.17, 15) is 13.0 Å². The molecule has 17 heavy (non-hydrogen) atoms. The Bertz CT molecular complexity index is 563. The quantitative estimate of drug-likeness (QED) is 0.501. The fourth-order valence-electron chi connectivity index (χ4n) is 2.27. The van der Waals surface area contributed by atoms with Crippen molar-refractivity contribution in [3.05, 3.63) is 41.0 Å². The molecule has 1 aromatic carbocycles. The fraction of sp³-hybridized carbons (Fsp3) is 0.333. The summed E-state index contributed by atoms with van der Waals surface area (Å²) in [6.45, 7) is 3.35. The van der Waals surface area contributed by atoms with Crippen LogP contribution in [0.3, 0.4) is 0 Å². The number of rotatable bonds is 1. The van der Waals surface area contributed by atoms with Crippen LogP contribution < -0.4 is 51.4 Å². The first-order valence-corrected chi connectivity index (χ1v) is 6.47. The summed E-state index contributed by atoms with van der Waals surface area (Å²) < 4.78 is 33.0. The predicted octanol–water partition coefficient (Wildman–Crippen LogP) is -0.742. The van der Waals surface area contributed by atoms with E-state index in [-0.39, 0.29) is 57.8 Å². The largest absolute Gasteiger partial charge is 1.00 e. The normalized spacial score (nSPS) is 23.4. The first-order valence-electron chi connectivity index (χ1n) is 5.07. The van der Waals surface area contributed by atoms with Crippen LogP contribution in [0.2, 0.25) is 0 Å². The van der Waals surface area contributed by atoms with Gasteiger partial charge in [-0.05, 0) is 31.4 Å². The van der Waals surface area contributed by atoms with Gasteiger partial charge in [0.1, 0.15) is 10.1 Å². The molecule has 0 saturated heterocycles. The van der Waals surface area contributed by atoms with Gasteiger partial charge >= 0.3 is 51.4 Å². The maximum Gasteiger partial charge on any atom is 1.00 e. The summed E-state index contributed by atoms with van der Waals surface area (Å²) in [6, 6.07) is 7.15. The monoisotopic (exact) mass is 276 g/mol. The third kappa shape index (κ3) is 2.76. The molecule has 2 rings (SSSR count). The average molecular weight is 276 g/mol. The molecule has 0 fully saturated rings. The Morgan fingerprint density at radius 2 is 1.88 bits per heavy atom. The first kappa shape index (κ1) is 15.6. The van der Waals surface area contributed by atoms with E-state index in [1.165, 1.54) is 6.92 Å². The van der Waals surface area contributed by atoms with Crippen LogP contribution in [-0.2, 0) is 14.9 Å². The van der Waals surface area contributed by atoms with Gasteiger partial charge in [-0.3, -0.25) is 0 Å². The van der Waals surface area contributed by atoms with Crippen molar-refractivity contribution >= 4 is 16.2 Å². The van der Waals surface area contributed by atoms with Crippen LogP contribution in [0.25, 0.3) is 6.08 Å². The van der Waals surface area contributed by atoms with Crippen molar-refractivity contribution < 1.29 is 64.4 Å². The van der Waals surface area contributed by atoms with Crippen molar-refractivity contribution in [2.45, 2.75) is 25.0 Å². The minimum atomic E-state index is -4.36. The Morgan fingerprint density at radius 1 is 1.29 bits per heavy atom. The molecular formula is C12H13KO3S. The van der Waals surface area contributed by atoms with E-state index in [1.54, 1.807) is 12.1 Å². The standard InChI is InChI=1S/C12H14O3S.K/c1-9-7-10-5-3-4-6-11(10)12(2,8-9)16(13,14)15;/h3-7H,8H2,1-2H3,(H,13,14,15);/q;+1/p-1. The second kappa shape index (κ2) is 5.25. The molecule has 0 bridgehead atoms. The molecule has 1 unspecified atom stereocenters. The molecule has 0 heterocycles. The Labute approximate surface area is 144 Å². The number of hydrogen-bond donors (Lipinski definition) is 0. The zero-order valence-corrected chi connectivity index (χ0v) is 14.2. The van der Waals surface area contributed by atoms with Gasteiger partial charge in [-0.1, -0.05) is 35.9 Å². The van der Waals surface area contributed by atoms with Crippen molar-refractivity contribution in [3.63, 3.8) is 0 Å². The number of hydrogen-bond acceptors (Lipinski definition) is 3. The minimum absolute atomic E-state index is 0. The second-order valence-electron chi connectivity index (χ2n) is 4.44. The van der Waals surface area contributed by atoms with E-state index in [4.69, 9.17) is 0 Å². The van der Waals surface area contributed by atoms with Crippen molar-refractivity contribution in [2.75, 3.05) is 0 Å². The number of allylic oxidation sites excluding steroid dienone is 1. The molecule has 1 aliphatic carbocycles. The summed E-state index contributed by atoms with van der Waals surface area (Å²) >= 11 is 0. The van der Waals surface area contributed by atoms with Crippen LogP contribution in [0.15, 0.2) is 29.8 Å². The molecular weight excluding hydrogens is 263 g/mol. The van der Waals surface area contributed by atoms with Crippen LogP contribution in [-0.4, -0.2) is 13.0 Å².